The summed E-state index contributed by atoms with van der Waals surface area (Å²) in [4.78, 5) is 27.0. The first-order valence-corrected chi connectivity index (χ1v) is 25.7. The summed E-state index contributed by atoms with van der Waals surface area (Å²) in [6.07, 6.45) is 0. The van der Waals surface area contributed by atoms with Crippen molar-refractivity contribution in [2.24, 2.45) is 40.9 Å². The number of carbonyl (C=O) groups is 2. The van der Waals surface area contributed by atoms with Gasteiger partial charge < -0.3 is 58.6 Å². The summed E-state index contributed by atoms with van der Waals surface area (Å²) in [5.74, 6) is -2.89. The molecule has 22 nitrogen and oxygen atoms in total. The number of rotatable bonds is 16. The first-order chi connectivity index (χ1) is 39.5. The van der Waals surface area contributed by atoms with Crippen LogP contribution in [-0.2, 0) is 32.4 Å². The van der Waals surface area contributed by atoms with Gasteiger partial charge in [0.1, 0.15) is 44.1 Å². The smallest absolute Gasteiger partial charge is 0.744 e. The van der Waals surface area contributed by atoms with Crippen molar-refractivity contribution in [3.05, 3.63) is 205 Å². The van der Waals surface area contributed by atoms with E-state index >= 15 is 0 Å². The molecular formula is C58H40N10Na2O12S2. The first kappa shape index (κ1) is 62.8. The van der Waals surface area contributed by atoms with Crippen molar-refractivity contribution in [2.45, 2.75) is 4.90 Å². The summed E-state index contributed by atoms with van der Waals surface area (Å²) < 4.78 is 39.8. The van der Waals surface area contributed by atoms with Crippen LogP contribution < -0.4 is 75.5 Å². The second-order valence-corrected chi connectivity index (χ2v) is 18.9. The Morgan fingerprint density at radius 1 is 0.440 bits per heavy atom. The number of nitrogen functional groups attached to an aromatic ring is 2. The number of nitrogens with zero attached hydrogens (tertiary/aromatic N) is 8. The zero-order valence-electron chi connectivity index (χ0n) is 44.1. The maximum absolute atomic E-state index is 11.9. The quantitative estimate of drug-likeness (QED) is 0.00998. The maximum atomic E-state index is 11.9. The third kappa shape index (κ3) is 15.5. The van der Waals surface area contributed by atoms with E-state index in [4.69, 9.17) is 26.6 Å². The predicted octanol–water partition coefficient (Wildman–Crippen LogP) is 9.26. The molecule has 0 fully saturated rings. The number of hydrogen-bond acceptors (Lipinski definition) is 21. The van der Waals surface area contributed by atoms with Gasteiger partial charge in [0.05, 0.1) is 50.4 Å². The van der Waals surface area contributed by atoms with Crippen LogP contribution in [0.3, 0.4) is 0 Å². The summed E-state index contributed by atoms with van der Waals surface area (Å²) in [7, 11) is -4.77. The van der Waals surface area contributed by atoms with Gasteiger partial charge in [-0.15, -0.1) is 10.2 Å². The zero-order chi connectivity index (χ0) is 57.9. The molecule has 408 valence electrons. The van der Waals surface area contributed by atoms with Crippen LogP contribution in [0.5, 0.6) is 17.2 Å². The van der Waals surface area contributed by atoms with Crippen LogP contribution in [0, 0.1) is 0 Å². The molecule has 0 aliphatic rings. The van der Waals surface area contributed by atoms with E-state index in [0.717, 1.165) is 28.3 Å². The fourth-order valence-corrected chi connectivity index (χ4v) is 8.78. The number of azo groups is 4. The molecule has 10 aromatic carbocycles. The molecule has 84 heavy (non-hydrogen) atoms. The molecule has 0 saturated heterocycles. The monoisotopic (exact) mass is 1180 g/mol. The Bertz CT molecular complexity index is 4180. The summed E-state index contributed by atoms with van der Waals surface area (Å²) >= 11 is 4.31. The van der Waals surface area contributed by atoms with Gasteiger partial charge in [0.15, 0.2) is 5.75 Å². The van der Waals surface area contributed by atoms with Crippen LogP contribution >= 0.6 is 0 Å². The van der Waals surface area contributed by atoms with Crippen molar-refractivity contribution >= 4 is 113 Å². The Morgan fingerprint density at radius 3 is 1.13 bits per heavy atom. The minimum atomic E-state index is -4.77. The van der Waals surface area contributed by atoms with Crippen molar-refractivity contribution in [1.82, 2.24) is 0 Å². The summed E-state index contributed by atoms with van der Waals surface area (Å²) in [6, 6.07) is 53.4. The summed E-state index contributed by atoms with van der Waals surface area (Å²) in [6.45, 7) is 0. The van der Waals surface area contributed by atoms with Gasteiger partial charge in [0, 0.05) is 27.6 Å². The molecule has 10 rings (SSSR count). The molecule has 26 heteroatoms. The summed E-state index contributed by atoms with van der Waals surface area (Å²) in [5, 5.41) is 77.0. The van der Waals surface area contributed by atoms with Crippen molar-refractivity contribution < 1.29 is 116 Å². The topological polar surface area (TPSA) is 351 Å². The standard InChI is InChI=1S/C32H24N6O6S2.C26H18N4O6.2Na/c33-31-25-7-3-1-5-23(25)29(42-43-44-45)17-27(31)37-35-21-13-9-19(10-14-21)20-11-15-22(16-12-20)36-38-28-18-30(46(39,40)41)24-6-2-4-8-26(24)32(28)34;31-23-11-9-19(13-21(23)25(33)34)29-27-17-5-1-15(2-6-17)16-3-7-18(8-4-16)28-30-20-10-12-24(32)22(14-20)26(35)36;;/h1-18,45H,33-34H2,(H,39,40,41);1-14,31-32H,(H,33,34)(H,35,36);;/q;;2*+1/p-2. The van der Waals surface area contributed by atoms with Gasteiger partial charge in [-0.3, -0.25) is 0 Å². The largest absolute Gasteiger partial charge is 1.00 e. The first-order valence-electron chi connectivity index (χ1n) is 23.9. The molecule has 0 saturated carbocycles. The fourth-order valence-electron chi connectivity index (χ4n) is 8.04. The Labute approximate surface area is 527 Å². The normalized spacial score (nSPS) is 11.4. The molecule has 0 heterocycles. The molecule has 8 N–H and O–H groups in total. The molecule has 0 amide bonds. The predicted molar refractivity (Wildman–Crippen MR) is 305 cm³/mol. The number of nitrogens with two attached hydrogens (primary N) is 2. The van der Waals surface area contributed by atoms with E-state index in [9.17, 15) is 32.8 Å². The number of aromatic hydroxyl groups is 2. The number of fused-ring (bicyclic) bond motifs is 2. The Balaban J connectivity index is 0.000000242. The average Bonchev–Trinajstić information content (AvgIpc) is 3.69. The molecule has 0 aliphatic heterocycles. The van der Waals surface area contributed by atoms with E-state index in [-0.39, 0.29) is 98.5 Å². The molecule has 0 bridgehead atoms. The van der Waals surface area contributed by atoms with E-state index in [0.29, 0.717) is 67.4 Å². The molecule has 0 aliphatic carbocycles. The Morgan fingerprint density at radius 2 is 0.762 bits per heavy atom. The van der Waals surface area contributed by atoms with E-state index in [2.05, 4.69) is 63.2 Å². The number of carboxylic acids is 2. The van der Waals surface area contributed by atoms with Crippen molar-refractivity contribution in [3.8, 4) is 39.5 Å². The molecule has 0 spiro atoms. The number of phenols is 2. The van der Waals surface area contributed by atoms with Gasteiger partial charge in [-0.25, -0.2) is 18.0 Å². The minimum absolute atomic E-state index is 0. The van der Waals surface area contributed by atoms with Crippen LogP contribution in [0.1, 0.15) is 20.7 Å². The van der Waals surface area contributed by atoms with Gasteiger partial charge >= 0.3 is 71.1 Å². The third-order valence-electron chi connectivity index (χ3n) is 12.1. The Hall–Kier alpha value is -8.76. The number of aromatic carboxylic acids is 2. The van der Waals surface area contributed by atoms with Crippen molar-refractivity contribution in [2.75, 3.05) is 11.5 Å². The number of benzene rings is 10. The zero-order valence-corrected chi connectivity index (χ0v) is 49.7. The number of hydrogen-bond donors (Lipinski definition) is 6. The maximum Gasteiger partial charge on any atom is 1.00 e. The van der Waals surface area contributed by atoms with Crippen LogP contribution in [-0.4, -0.2) is 45.3 Å². The van der Waals surface area contributed by atoms with E-state index in [1.165, 1.54) is 42.5 Å². The van der Waals surface area contributed by atoms with E-state index < -0.39 is 27.0 Å². The fraction of sp³-hybridized carbons (Fsp3) is 0. The average molecular weight is 1180 g/mol. The van der Waals surface area contributed by atoms with Gasteiger partial charge in [0.2, 0.25) is 0 Å². The number of carboxylic acid groups (broad SMARTS) is 2. The van der Waals surface area contributed by atoms with Crippen LogP contribution in [0.2, 0.25) is 0 Å². The van der Waals surface area contributed by atoms with Crippen molar-refractivity contribution in [3.63, 3.8) is 0 Å². The van der Waals surface area contributed by atoms with Gasteiger partial charge in [-0.2, -0.15) is 30.7 Å². The SMILES string of the molecule is Nc1c(N=Nc2ccc(-c3ccc(N=Nc4cc(S(=O)(=O)[O-])c5ccccc5c4N)cc3)cc2)cc(OOO[S-])c2ccccc12.O=C(O)c1cc(N=Nc2ccc(-c3ccc(N=Nc4ccc(O)c(C(=O)O)c4)cc3)cc2)ccc1O.[Na+].[Na+]. The van der Waals surface area contributed by atoms with E-state index in [1.54, 1.807) is 72.8 Å². The molecule has 0 unspecified atom stereocenters. The minimum Gasteiger partial charge on any atom is -0.744 e. The van der Waals surface area contributed by atoms with E-state index in [1.807, 2.05) is 72.8 Å². The summed E-state index contributed by atoms with van der Waals surface area (Å²) in [5.41, 5.74) is 19.6. The van der Waals surface area contributed by atoms with Crippen LogP contribution in [0.25, 0.3) is 43.8 Å². The van der Waals surface area contributed by atoms with Gasteiger partial charge in [-0.1, -0.05) is 97.1 Å². The van der Waals surface area contributed by atoms with Crippen LogP contribution in [0.15, 0.2) is 240 Å². The molecule has 0 atom stereocenters. The van der Waals surface area contributed by atoms with Gasteiger partial charge in [-0.05, 0) is 118 Å². The molecule has 0 aromatic heterocycles. The van der Waals surface area contributed by atoms with Gasteiger partial charge in [0.25, 0.3) is 0 Å². The van der Waals surface area contributed by atoms with Crippen molar-refractivity contribution in [1.29, 1.82) is 0 Å². The number of anilines is 2. The Kier molecular flexibility index (Phi) is 21.3. The second-order valence-electron chi connectivity index (χ2n) is 17.4. The molecule has 0 radical (unpaired) electrons. The second kappa shape index (κ2) is 28.5. The third-order valence-corrected chi connectivity index (χ3v) is 13.1. The molecule has 10 aromatic rings. The van der Waals surface area contributed by atoms with Crippen LogP contribution in [0.4, 0.5) is 56.9 Å². The molecular weight excluding hydrogens is 1140 g/mol.